The van der Waals surface area contributed by atoms with Gasteiger partial charge in [0, 0.05) is 16.7 Å². The second-order valence-corrected chi connectivity index (χ2v) is 5.38. The Balaban J connectivity index is 2.19. The predicted octanol–water partition coefficient (Wildman–Crippen LogP) is 4.66. The summed E-state index contributed by atoms with van der Waals surface area (Å²) in [6.07, 6.45) is 2.96. The van der Waals surface area contributed by atoms with Crippen molar-refractivity contribution in [1.29, 1.82) is 0 Å². The Labute approximate surface area is 144 Å². The summed E-state index contributed by atoms with van der Waals surface area (Å²) in [6, 6.07) is 10.4. The predicted molar refractivity (Wildman–Crippen MR) is 93.7 cm³/mol. The van der Waals surface area contributed by atoms with E-state index < -0.39 is 0 Å². The minimum Gasteiger partial charge on any atom is -0.495 e. The molecule has 0 fully saturated rings. The van der Waals surface area contributed by atoms with Gasteiger partial charge in [-0.25, -0.2) is 0 Å². The number of benzene rings is 2. The summed E-state index contributed by atoms with van der Waals surface area (Å²) >= 11 is 12.0. The highest BCUT2D eigenvalue weighted by Gasteiger charge is 2.09. The van der Waals surface area contributed by atoms with Gasteiger partial charge in [0.15, 0.2) is 0 Å². The van der Waals surface area contributed by atoms with Gasteiger partial charge in [-0.3, -0.25) is 4.79 Å². The molecule has 0 heterocycles. The number of ether oxygens (including phenoxy) is 2. The number of hydrogen-bond donors (Lipinski definition) is 1. The van der Waals surface area contributed by atoms with Crippen molar-refractivity contribution in [3.8, 4) is 11.5 Å². The average molecular weight is 352 g/mol. The summed E-state index contributed by atoms with van der Waals surface area (Å²) in [4.78, 5) is 12.1. The second kappa shape index (κ2) is 7.90. The number of rotatable bonds is 5. The summed E-state index contributed by atoms with van der Waals surface area (Å²) < 4.78 is 10.4. The normalized spacial score (nSPS) is 10.6. The zero-order valence-corrected chi connectivity index (χ0v) is 14.1. The van der Waals surface area contributed by atoms with Crippen LogP contribution < -0.4 is 14.8 Å². The lowest BCUT2D eigenvalue weighted by atomic mass is 10.2. The Morgan fingerprint density at radius 2 is 1.87 bits per heavy atom. The first-order valence-electron chi connectivity index (χ1n) is 6.70. The third-order valence-corrected chi connectivity index (χ3v) is 3.52. The maximum Gasteiger partial charge on any atom is 0.248 e. The molecule has 0 aliphatic rings. The maximum atomic E-state index is 12.1. The lowest BCUT2D eigenvalue weighted by Crippen LogP contribution is -2.08. The van der Waals surface area contributed by atoms with Gasteiger partial charge in [0.25, 0.3) is 0 Å². The molecule has 23 heavy (non-hydrogen) atoms. The van der Waals surface area contributed by atoms with E-state index in [-0.39, 0.29) is 5.91 Å². The van der Waals surface area contributed by atoms with Gasteiger partial charge in [-0.15, -0.1) is 0 Å². The number of nitrogens with one attached hydrogen (secondary N) is 1. The molecular formula is C17H15Cl2NO3. The second-order valence-electron chi connectivity index (χ2n) is 4.53. The highest BCUT2D eigenvalue weighted by molar-refractivity contribution is 6.36. The molecule has 0 aromatic heterocycles. The van der Waals surface area contributed by atoms with Crippen molar-refractivity contribution in [3.63, 3.8) is 0 Å². The van der Waals surface area contributed by atoms with Gasteiger partial charge in [0.2, 0.25) is 5.91 Å². The van der Waals surface area contributed by atoms with E-state index in [2.05, 4.69) is 5.32 Å². The smallest absolute Gasteiger partial charge is 0.248 e. The molecule has 4 nitrogen and oxygen atoms in total. The van der Waals surface area contributed by atoms with Crippen LogP contribution in [-0.2, 0) is 4.79 Å². The van der Waals surface area contributed by atoms with Crippen LogP contribution in [0.5, 0.6) is 11.5 Å². The summed E-state index contributed by atoms with van der Waals surface area (Å²) in [6.45, 7) is 0. The van der Waals surface area contributed by atoms with Crippen LogP contribution in [0.4, 0.5) is 5.69 Å². The van der Waals surface area contributed by atoms with Crippen molar-refractivity contribution in [1.82, 2.24) is 0 Å². The van der Waals surface area contributed by atoms with Gasteiger partial charge < -0.3 is 14.8 Å². The number of amides is 1. The third-order valence-electron chi connectivity index (χ3n) is 3.02. The number of para-hydroxylation sites is 2. The molecule has 1 N–H and O–H groups in total. The van der Waals surface area contributed by atoms with Crippen LogP contribution in [0.2, 0.25) is 10.0 Å². The minimum absolute atomic E-state index is 0.312. The molecular weight excluding hydrogens is 337 g/mol. The van der Waals surface area contributed by atoms with Crippen LogP contribution in [0.25, 0.3) is 6.08 Å². The standard InChI is InChI=1S/C17H15Cl2NO3/c1-22-15-6-4-3-5-14(15)20-16(21)8-7-11-9-12(18)10-13(19)17(11)23-2/h3-10H,1-2H3,(H,20,21). The van der Waals surface area contributed by atoms with Gasteiger partial charge in [-0.05, 0) is 30.3 Å². The van der Waals surface area contributed by atoms with Gasteiger partial charge in [-0.2, -0.15) is 0 Å². The fraction of sp³-hybridized carbons (Fsp3) is 0.118. The lowest BCUT2D eigenvalue weighted by Gasteiger charge is -2.09. The van der Waals surface area contributed by atoms with Gasteiger partial charge in [-0.1, -0.05) is 35.3 Å². The Morgan fingerprint density at radius 1 is 1.13 bits per heavy atom. The molecule has 0 radical (unpaired) electrons. The molecule has 0 atom stereocenters. The van der Waals surface area contributed by atoms with E-state index in [1.807, 2.05) is 12.1 Å². The Bertz CT molecular complexity index is 745. The van der Waals surface area contributed by atoms with E-state index in [0.717, 1.165) is 0 Å². The third kappa shape index (κ3) is 4.41. The van der Waals surface area contributed by atoms with Crippen LogP contribution in [0.3, 0.4) is 0 Å². The van der Waals surface area contributed by atoms with Crippen molar-refractivity contribution in [2.75, 3.05) is 19.5 Å². The van der Waals surface area contributed by atoms with E-state index in [9.17, 15) is 4.79 Å². The monoisotopic (exact) mass is 351 g/mol. The SMILES string of the molecule is COc1ccccc1NC(=O)C=Cc1cc(Cl)cc(Cl)c1OC. The topological polar surface area (TPSA) is 47.6 Å². The molecule has 0 saturated heterocycles. The Kier molecular flexibility index (Phi) is 5.90. The van der Waals surface area contributed by atoms with Crippen LogP contribution in [0, 0.1) is 0 Å². The first-order valence-corrected chi connectivity index (χ1v) is 7.46. The fourth-order valence-electron chi connectivity index (χ4n) is 2.01. The van der Waals surface area contributed by atoms with Crippen LogP contribution in [0.15, 0.2) is 42.5 Å². The van der Waals surface area contributed by atoms with Gasteiger partial charge >= 0.3 is 0 Å². The molecule has 0 saturated carbocycles. The minimum atomic E-state index is -0.312. The molecule has 2 aromatic rings. The van der Waals surface area contributed by atoms with Gasteiger partial charge in [0.1, 0.15) is 11.5 Å². The fourth-order valence-corrected chi connectivity index (χ4v) is 2.59. The van der Waals surface area contributed by atoms with Crippen LogP contribution in [-0.4, -0.2) is 20.1 Å². The molecule has 0 unspecified atom stereocenters. The zero-order valence-electron chi connectivity index (χ0n) is 12.6. The number of carbonyl (C=O) groups is 1. The number of methoxy groups -OCH3 is 2. The summed E-state index contributed by atoms with van der Waals surface area (Å²) in [5.74, 6) is 0.725. The van der Waals surface area contributed by atoms with Crippen molar-refractivity contribution in [2.45, 2.75) is 0 Å². The lowest BCUT2D eigenvalue weighted by molar-refractivity contribution is -0.111. The molecule has 1 amide bonds. The van der Waals surface area contributed by atoms with E-state index >= 15 is 0 Å². The summed E-state index contributed by atoms with van der Waals surface area (Å²) in [7, 11) is 3.04. The largest absolute Gasteiger partial charge is 0.495 e. The number of carbonyl (C=O) groups excluding carboxylic acids is 1. The van der Waals surface area contributed by atoms with Crippen LogP contribution in [0.1, 0.15) is 5.56 Å². The van der Waals surface area contributed by atoms with Crippen molar-refractivity contribution >= 4 is 40.9 Å². The quantitative estimate of drug-likeness (QED) is 0.796. The molecule has 6 heteroatoms. The maximum absolute atomic E-state index is 12.1. The molecule has 2 rings (SSSR count). The zero-order chi connectivity index (χ0) is 16.8. The summed E-state index contributed by atoms with van der Waals surface area (Å²) in [5, 5.41) is 3.58. The molecule has 0 bridgehead atoms. The highest BCUT2D eigenvalue weighted by Crippen LogP contribution is 2.33. The van der Waals surface area contributed by atoms with E-state index in [4.69, 9.17) is 32.7 Å². The van der Waals surface area contributed by atoms with Crippen LogP contribution >= 0.6 is 23.2 Å². The number of anilines is 1. The van der Waals surface area contributed by atoms with Gasteiger partial charge in [0.05, 0.1) is 24.9 Å². The molecule has 0 spiro atoms. The number of halogens is 2. The highest BCUT2D eigenvalue weighted by atomic mass is 35.5. The van der Waals surface area contributed by atoms with E-state index in [1.165, 1.54) is 13.2 Å². The molecule has 2 aromatic carbocycles. The van der Waals surface area contributed by atoms with Crippen molar-refractivity contribution in [2.24, 2.45) is 0 Å². The molecule has 0 aliphatic carbocycles. The molecule has 120 valence electrons. The van der Waals surface area contributed by atoms with Crippen molar-refractivity contribution < 1.29 is 14.3 Å². The van der Waals surface area contributed by atoms with E-state index in [0.29, 0.717) is 32.8 Å². The Hall–Kier alpha value is -2.17. The number of hydrogen-bond acceptors (Lipinski definition) is 3. The summed E-state index contributed by atoms with van der Waals surface area (Å²) in [5.41, 5.74) is 1.20. The Morgan fingerprint density at radius 3 is 2.57 bits per heavy atom. The average Bonchev–Trinajstić information content (AvgIpc) is 2.53. The van der Waals surface area contributed by atoms with Crippen molar-refractivity contribution in [3.05, 3.63) is 58.1 Å². The first kappa shape index (κ1) is 17.2. The first-order chi connectivity index (χ1) is 11.0. The molecule has 0 aliphatic heterocycles. The van der Waals surface area contributed by atoms with E-state index in [1.54, 1.807) is 37.5 Å².